The first-order valence-corrected chi connectivity index (χ1v) is 7.28. The van der Waals surface area contributed by atoms with E-state index >= 15 is 0 Å². The third kappa shape index (κ3) is 3.07. The number of nitrogens with zero attached hydrogens (tertiary/aromatic N) is 5. The fourth-order valence-corrected chi connectivity index (χ4v) is 2.23. The van der Waals surface area contributed by atoms with Crippen LogP contribution in [0, 0.1) is 11.6 Å². The molecule has 6 nitrogen and oxygen atoms in total. The molecule has 1 N–H and O–H groups in total. The van der Waals surface area contributed by atoms with E-state index in [0.717, 1.165) is 12.1 Å². The van der Waals surface area contributed by atoms with Crippen molar-refractivity contribution in [2.24, 2.45) is 0 Å². The smallest absolute Gasteiger partial charge is 0.182 e. The zero-order chi connectivity index (χ0) is 16.6. The lowest BCUT2D eigenvalue weighted by Gasteiger charge is -2.05. The molecule has 3 rings (SSSR count). The van der Waals surface area contributed by atoms with Crippen LogP contribution in [-0.2, 0) is 6.54 Å². The van der Waals surface area contributed by atoms with Gasteiger partial charge in [0.2, 0.25) is 0 Å². The summed E-state index contributed by atoms with van der Waals surface area (Å²) in [4.78, 5) is 4.43. The Balaban J connectivity index is 2.03. The number of hydrogen-bond acceptors (Lipinski definition) is 4. The minimum atomic E-state index is -0.910. The maximum atomic E-state index is 13.4. The molecule has 0 spiro atoms. The number of H-pyrrole nitrogens is 1. The van der Waals surface area contributed by atoms with Crippen LogP contribution in [0.3, 0.4) is 0 Å². The van der Waals surface area contributed by atoms with Gasteiger partial charge in [-0.05, 0) is 17.7 Å². The van der Waals surface area contributed by atoms with Crippen molar-refractivity contribution in [3.05, 3.63) is 46.4 Å². The van der Waals surface area contributed by atoms with Gasteiger partial charge in [-0.25, -0.2) is 18.4 Å². The van der Waals surface area contributed by atoms with Gasteiger partial charge in [-0.3, -0.25) is 0 Å². The summed E-state index contributed by atoms with van der Waals surface area (Å²) < 4.78 is 28.0. The molecule has 3 aromatic rings. The molecule has 0 bridgehead atoms. The van der Waals surface area contributed by atoms with Gasteiger partial charge in [0.1, 0.15) is 0 Å². The van der Waals surface area contributed by atoms with Crippen LogP contribution >= 0.6 is 11.6 Å². The van der Waals surface area contributed by atoms with Crippen LogP contribution in [0.4, 0.5) is 8.78 Å². The molecule has 0 unspecified atom stereocenters. The third-order valence-electron chi connectivity index (χ3n) is 3.24. The lowest BCUT2D eigenvalue weighted by Crippen LogP contribution is -2.06. The molecule has 23 heavy (non-hydrogen) atoms. The molecule has 0 aliphatic heterocycles. The maximum Gasteiger partial charge on any atom is 0.182 e. The summed E-state index contributed by atoms with van der Waals surface area (Å²) in [6, 6.07) is 3.69. The molecular formula is C14H13ClF2N6. The van der Waals surface area contributed by atoms with Gasteiger partial charge in [0.05, 0.1) is 6.54 Å². The van der Waals surface area contributed by atoms with Gasteiger partial charge in [0.15, 0.2) is 34.1 Å². The molecule has 120 valence electrons. The molecular weight excluding hydrogens is 326 g/mol. The molecule has 0 fully saturated rings. The van der Waals surface area contributed by atoms with Crippen LogP contribution < -0.4 is 0 Å². The SMILES string of the molecule is CC(C)c1nc(-c2n[nH]nc2Cl)n(Cc2ccc(F)c(F)c2)n1. The first-order chi connectivity index (χ1) is 11.0. The highest BCUT2D eigenvalue weighted by atomic mass is 35.5. The number of rotatable bonds is 4. The fourth-order valence-electron chi connectivity index (χ4n) is 2.06. The van der Waals surface area contributed by atoms with Crippen molar-refractivity contribution >= 4 is 11.6 Å². The number of halogens is 3. The van der Waals surface area contributed by atoms with Crippen LogP contribution in [-0.4, -0.2) is 30.2 Å². The van der Waals surface area contributed by atoms with Crippen molar-refractivity contribution in [3.63, 3.8) is 0 Å². The fraction of sp³-hybridized carbons (Fsp3) is 0.286. The van der Waals surface area contributed by atoms with E-state index in [-0.39, 0.29) is 17.6 Å². The Labute approximate surface area is 135 Å². The largest absolute Gasteiger partial charge is 0.240 e. The molecule has 2 heterocycles. The van der Waals surface area contributed by atoms with Gasteiger partial charge in [-0.15, -0.1) is 5.10 Å². The second kappa shape index (κ2) is 6.04. The summed E-state index contributed by atoms with van der Waals surface area (Å²) in [5.74, 6) is -0.702. The van der Waals surface area contributed by atoms with E-state index in [4.69, 9.17) is 11.6 Å². The monoisotopic (exact) mass is 338 g/mol. The molecule has 0 saturated heterocycles. The Hall–Kier alpha value is -2.35. The van der Waals surface area contributed by atoms with Gasteiger partial charge in [-0.2, -0.15) is 15.4 Å². The number of aromatic amines is 1. The molecule has 0 aliphatic carbocycles. The molecule has 9 heteroatoms. The van der Waals surface area contributed by atoms with Crippen molar-refractivity contribution in [1.82, 2.24) is 30.2 Å². The van der Waals surface area contributed by atoms with Crippen molar-refractivity contribution < 1.29 is 8.78 Å². The number of hydrogen-bond donors (Lipinski definition) is 1. The van der Waals surface area contributed by atoms with Gasteiger partial charge in [0, 0.05) is 5.92 Å². The highest BCUT2D eigenvalue weighted by molar-refractivity contribution is 6.31. The van der Waals surface area contributed by atoms with Crippen LogP contribution in [0.25, 0.3) is 11.5 Å². The predicted octanol–water partition coefficient (Wildman–Crippen LogP) is 3.17. The Morgan fingerprint density at radius 2 is 2.00 bits per heavy atom. The quantitative estimate of drug-likeness (QED) is 0.793. The van der Waals surface area contributed by atoms with Crippen molar-refractivity contribution in [2.45, 2.75) is 26.3 Å². The van der Waals surface area contributed by atoms with Crippen molar-refractivity contribution in [1.29, 1.82) is 0 Å². The second-order valence-corrected chi connectivity index (χ2v) is 5.68. The molecule has 2 aromatic heterocycles. The molecule has 1 aromatic carbocycles. The van der Waals surface area contributed by atoms with Crippen LogP contribution in [0.1, 0.15) is 31.2 Å². The molecule has 0 atom stereocenters. The zero-order valence-corrected chi connectivity index (χ0v) is 13.1. The van der Waals surface area contributed by atoms with E-state index < -0.39 is 11.6 Å². The van der Waals surface area contributed by atoms with Crippen LogP contribution in [0.5, 0.6) is 0 Å². The summed E-state index contributed by atoms with van der Waals surface area (Å²) in [7, 11) is 0. The Morgan fingerprint density at radius 1 is 1.22 bits per heavy atom. The number of benzene rings is 1. The summed E-state index contributed by atoms with van der Waals surface area (Å²) in [5, 5.41) is 14.7. The third-order valence-corrected chi connectivity index (χ3v) is 3.50. The average Bonchev–Trinajstić information content (AvgIpc) is 3.09. The maximum absolute atomic E-state index is 13.4. The highest BCUT2D eigenvalue weighted by Gasteiger charge is 2.20. The number of aromatic nitrogens is 6. The van der Waals surface area contributed by atoms with Crippen LogP contribution in [0.15, 0.2) is 18.2 Å². The van der Waals surface area contributed by atoms with Gasteiger partial charge < -0.3 is 0 Å². The Kier molecular flexibility index (Phi) is 4.08. The standard InChI is InChI=1S/C14H13ClF2N6/c1-7(2)13-18-14(11-12(15)20-22-19-11)23(21-13)6-8-3-4-9(16)10(17)5-8/h3-5,7H,6H2,1-2H3,(H,19,20,22). The molecule has 0 amide bonds. The predicted molar refractivity (Wildman–Crippen MR) is 80.0 cm³/mol. The zero-order valence-electron chi connectivity index (χ0n) is 12.4. The minimum Gasteiger partial charge on any atom is -0.240 e. The van der Waals surface area contributed by atoms with E-state index in [9.17, 15) is 8.78 Å². The molecule has 0 aliphatic rings. The van der Waals surface area contributed by atoms with Gasteiger partial charge >= 0.3 is 0 Å². The van der Waals surface area contributed by atoms with Gasteiger partial charge in [0.25, 0.3) is 0 Å². The Morgan fingerprint density at radius 3 is 2.61 bits per heavy atom. The Bertz CT molecular complexity index is 842. The molecule has 0 radical (unpaired) electrons. The summed E-state index contributed by atoms with van der Waals surface area (Å²) in [6.45, 7) is 4.10. The summed E-state index contributed by atoms with van der Waals surface area (Å²) in [5.41, 5.74) is 0.902. The lowest BCUT2D eigenvalue weighted by atomic mass is 10.2. The van der Waals surface area contributed by atoms with E-state index in [1.165, 1.54) is 6.07 Å². The topological polar surface area (TPSA) is 72.3 Å². The van der Waals surface area contributed by atoms with Crippen molar-refractivity contribution in [3.8, 4) is 11.5 Å². The van der Waals surface area contributed by atoms with Gasteiger partial charge in [-0.1, -0.05) is 31.5 Å². The molecule has 0 saturated carbocycles. The first-order valence-electron chi connectivity index (χ1n) is 6.91. The van der Waals surface area contributed by atoms with Crippen LogP contribution in [0.2, 0.25) is 5.15 Å². The second-order valence-electron chi connectivity index (χ2n) is 5.32. The normalized spacial score (nSPS) is 11.4. The summed E-state index contributed by atoms with van der Waals surface area (Å²) in [6.07, 6.45) is 0. The summed E-state index contributed by atoms with van der Waals surface area (Å²) >= 11 is 5.99. The number of nitrogens with one attached hydrogen (secondary N) is 1. The first kappa shape index (κ1) is 15.5. The van der Waals surface area contributed by atoms with E-state index in [1.54, 1.807) is 4.68 Å². The van der Waals surface area contributed by atoms with E-state index in [2.05, 4.69) is 25.5 Å². The van der Waals surface area contributed by atoms with E-state index in [1.807, 2.05) is 13.8 Å². The lowest BCUT2D eigenvalue weighted by molar-refractivity contribution is 0.505. The van der Waals surface area contributed by atoms with Crippen molar-refractivity contribution in [2.75, 3.05) is 0 Å². The average molecular weight is 339 g/mol. The van der Waals surface area contributed by atoms with E-state index in [0.29, 0.717) is 22.9 Å². The minimum absolute atomic E-state index is 0.0885. The highest BCUT2D eigenvalue weighted by Crippen LogP contribution is 2.24.